The number of hydrogen-bond donors (Lipinski definition) is 1. The molecule has 1 heterocycles. The van der Waals surface area contributed by atoms with Crippen molar-refractivity contribution in [3.63, 3.8) is 0 Å². The van der Waals surface area contributed by atoms with Gasteiger partial charge >= 0.3 is 0 Å². The third-order valence-corrected chi connectivity index (χ3v) is 5.18. The fraction of sp³-hybridized carbons (Fsp3) is 0.611. The summed E-state index contributed by atoms with van der Waals surface area (Å²) < 4.78 is 0. The number of nitrogens with one attached hydrogen (secondary N) is 1. The maximum atomic E-state index is 13.1. The highest BCUT2D eigenvalue weighted by Gasteiger charge is 2.36. The summed E-state index contributed by atoms with van der Waals surface area (Å²) in [6.07, 6.45) is 7.58. The minimum Gasteiger partial charge on any atom is -0.387 e. The third-order valence-electron chi connectivity index (χ3n) is 5.18. The number of aryl methyl sites for hydroxylation is 1. The number of piperidine rings is 1. The first-order valence-corrected chi connectivity index (χ1v) is 8.30. The first kappa shape index (κ1) is 14.4. The molecule has 2 aliphatic rings. The molecule has 1 aliphatic heterocycles. The van der Waals surface area contributed by atoms with E-state index in [1.54, 1.807) is 0 Å². The standard InChI is InChI=1S/C18H26N2O/c1-13-9-10-16(19-2)15(12-13)18(21)20-11-5-7-14-6-3-4-8-17(14)20/h9-10,12,14,17,19H,3-8,11H2,1-2H3. The molecule has 0 radical (unpaired) electrons. The van der Waals surface area contributed by atoms with Gasteiger partial charge < -0.3 is 10.2 Å². The smallest absolute Gasteiger partial charge is 0.256 e. The molecule has 2 fully saturated rings. The number of rotatable bonds is 2. The molecular formula is C18H26N2O. The highest BCUT2D eigenvalue weighted by Crippen LogP contribution is 2.36. The second-order valence-corrected chi connectivity index (χ2v) is 6.55. The number of anilines is 1. The maximum absolute atomic E-state index is 13.1. The highest BCUT2D eigenvalue weighted by molar-refractivity contribution is 6.00. The Kier molecular flexibility index (Phi) is 4.18. The van der Waals surface area contributed by atoms with Crippen molar-refractivity contribution < 1.29 is 4.79 Å². The normalized spacial score (nSPS) is 25.3. The molecule has 3 heteroatoms. The van der Waals surface area contributed by atoms with E-state index in [4.69, 9.17) is 0 Å². The number of nitrogens with zero attached hydrogens (tertiary/aromatic N) is 1. The zero-order chi connectivity index (χ0) is 14.8. The Morgan fingerprint density at radius 1 is 1.19 bits per heavy atom. The van der Waals surface area contributed by atoms with Gasteiger partial charge in [0.15, 0.2) is 0 Å². The van der Waals surface area contributed by atoms with Crippen LogP contribution in [0, 0.1) is 12.8 Å². The van der Waals surface area contributed by atoms with Crippen LogP contribution in [0.4, 0.5) is 5.69 Å². The van der Waals surface area contributed by atoms with Crippen LogP contribution < -0.4 is 5.32 Å². The van der Waals surface area contributed by atoms with Crippen LogP contribution in [0.1, 0.15) is 54.4 Å². The number of benzene rings is 1. The topological polar surface area (TPSA) is 32.3 Å². The Morgan fingerprint density at radius 3 is 2.76 bits per heavy atom. The van der Waals surface area contributed by atoms with Gasteiger partial charge in [-0.25, -0.2) is 0 Å². The van der Waals surface area contributed by atoms with E-state index < -0.39 is 0 Å². The van der Waals surface area contributed by atoms with Crippen LogP contribution in [0.3, 0.4) is 0 Å². The number of likely N-dealkylation sites (tertiary alicyclic amines) is 1. The van der Waals surface area contributed by atoms with Gasteiger partial charge in [-0.3, -0.25) is 4.79 Å². The van der Waals surface area contributed by atoms with Crippen molar-refractivity contribution in [2.75, 3.05) is 18.9 Å². The average Bonchev–Trinajstić information content (AvgIpc) is 2.53. The zero-order valence-electron chi connectivity index (χ0n) is 13.2. The Morgan fingerprint density at radius 2 is 1.95 bits per heavy atom. The van der Waals surface area contributed by atoms with Gasteiger partial charge in [0.1, 0.15) is 0 Å². The summed E-state index contributed by atoms with van der Waals surface area (Å²) in [4.78, 5) is 15.2. The van der Waals surface area contributed by atoms with E-state index in [2.05, 4.69) is 23.2 Å². The third kappa shape index (κ3) is 2.78. The van der Waals surface area contributed by atoms with Crippen molar-refractivity contribution in [3.8, 4) is 0 Å². The molecule has 1 saturated carbocycles. The maximum Gasteiger partial charge on any atom is 0.256 e. The fourth-order valence-corrected chi connectivity index (χ4v) is 4.08. The monoisotopic (exact) mass is 286 g/mol. The predicted molar refractivity (Wildman–Crippen MR) is 86.7 cm³/mol. The average molecular weight is 286 g/mol. The van der Waals surface area contributed by atoms with E-state index >= 15 is 0 Å². The van der Waals surface area contributed by atoms with Gasteiger partial charge in [0.25, 0.3) is 5.91 Å². The van der Waals surface area contributed by atoms with Gasteiger partial charge in [-0.05, 0) is 50.7 Å². The summed E-state index contributed by atoms with van der Waals surface area (Å²) in [5.41, 5.74) is 2.93. The van der Waals surface area contributed by atoms with Crippen molar-refractivity contribution in [1.29, 1.82) is 0 Å². The lowest BCUT2D eigenvalue weighted by Crippen LogP contribution is -2.49. The molecule has 0 aromatic heterocycles. The Hall–Kier alpha value is -1.51. The van der Waals surface area contributed by atoms with E-state index in [0.717, 1.165) is 35.7 Å². The lowest BCUT2D eigenvalue weighted by Gasteiger charge is -2.44. The summed E-state index contributed by atoms with van der Waals surface area (Å²) in [6, 6.07) is 6.58. The van der Waals surface area contributed by atoms with Crippen LogP contribution in [0.25, 0.3) is 0 Å². The van der Waals surface area contributed by atoms with E-state index in [-0.39, 0.29) is 5.91 Å². The molecule has 1 aromatic carbocycles. The molecule has 1 aliphatic carbocycles. The van der Waals surface area contributed by atoms with Gasteiger partial charge in [-0.15, -0.1) is 0 Å². The zero-order valence-corrected chi connectivity index (χ0v) is 13.2. The second kappa shape index (κ2) is 6.08. The molecule has 3 nitrogen and oxygen atoms in total. The van der Waals surface area contributed by atoms with Crippen molar-refractivity contribution in [1.82, 2.24) is 4.90 Å². The fourth-order valence-electron chi connectivity index (χ4n) is 4.08. The Labute approximate surface area is 127 Å². The Balaban J connectivity index is 1.88. The van der Waals surface area contributed by atoms with Gasteiger partial charge in [0, 0.05) is 25.3 Å². The minimum absolute atomic E-state index is 0.222. The number of carbonyl (C=O) groups is 1. The van der Waals surface area contributed by atoms with E-state index in [0.29, 0.717) is 6.04 Å². The molecule has 21 heavy (non-hydrogen) atoms. The molecule has 114 valence electrons. The van der Waals surface area contributed by atoms with Crippen molar-refractivity contribution in [3.05, 3.63) is 29.3 Å². The Bertz CT molecular complexity index is 524. The van der Waals surface area contributed by atoms with E-state index in [9.17, 15) is 4.79 Å². The molecule has 3 rings (SSSR count). The predicted octanol–water partition coefficient (Wildman–Crippen LogP) is 3.83. The molecule has 0 spiro atoms. The lowest BCUT2D eigenvalue weighted by atomic mass is 9.78. The highest BCUT2D eigenvalue weighted by atomic mass is 16.2. The van der Waals surface area contributed by atoms with Gasteiger partial charge in [0.05, 0.1) is 5.56 Å². The molecule has 2 unspecified atom stereocenters. The van der Waals surface area contributed by atoms with Crippen molar-refractivity contribution in [2.45, 2.75) is 51.5 Å². The van der Waals surface area contributed by atoms with Crippen LogP contribution in [0.15, 0.2) is 18.2 Å². The first-order valence-electron chi connectivity index (χ1n) is 8.30. The van der Waals surface area contributed by atoms with E-state index in [1.165, 1.54) is 32.1 Å². The summed E-state index contributed by atoms with van der Waals surface area (Å²) in [7, 11) is 1.89. The molecule has 1 aromatic rings. The van der Waals surface area contributed by atoms with E-state index in [1.807, 2.05) is 19.2 Å². The summed E-state index contributed by atoms with van der Waals surface area (Å²) in [5.74, 6) is 0.957. The molecule has 2 atom stereocenters. The van der Waals surface area contributed by atoms with Crippen LogP contribution in [-0.2, 0) is 0 Å². The van der Waals surface area contributed by atoms with Crippen LogP contribution >= 0.6 is 0 Å². The second-order valence-electron chi connectivity index (χ2n) is 6.55. The summed E-state index contributed by atoms with van der Waals surface area (Å²) in [5, 5.41) is 3.17. The minimum atomic E-state index is 0.222. The molecule has 1 saturated heterocycles. The quantitative estimate of drug-likeness (QED) is 0.896. The van der Waals surface area contributed by atoms with Crippen LogP contribution in [-0.4, -0.2) is 30.4 Å². The van der Waals surface area contributed by atoms with Gasteiger partial charge in [-0.2, -0.15) is 0 Å². The van der Waals surface area contributed by atoms with Crippen LogP contribution in [0.5, 0.6) is 0 Å². The number of fused-ring (bicyclic) bond motifs is 1. The molecule has 1 N–H and O–H groups in total. The summed E-state index contributed by atoms with van der Waals surface area (Å²) in [6.45, 7) is 2.98. The number of amides is 1. The number of carbonyl (C=O) groups excluding carboxylic acids is 1. The molecule has 1 amide bonds. The largest absolute Gasteiger partial charge is 0.387 e. The van der Waals surface area contributed by atoms with Crippen molar-refractivity contribution >= 4 is 11.6 Å². The van der Waals surface area contributed by atoms with Crippen molar-refractivity contribution in [2.24, 2.45) is 5.92 Å². The molecule has 0 bridgehead atoms. The van der Waals surface area contributed by atoms with Crippen LogP contribution in [0.2, 0.25) is 0 Å². The molecular weight excluding hydrogens is 260 g/mol. The SMILES string of the molecule is CNc1ccc(C)cc1C(=O)N1CCCC2CCCCC21. The lowest BCUT2D eigenvalue weighted by molar-refractivity contribution is 0.0391. The van der Waals surface area contributed by atoms with Gasteiger partial charge in [0.2, 0.25) is 0 Å². The van der Waals surface area contributed by atoms with Gasteiger partial charge in [-0.1, -0.05) is 24.5 Å². The first-order chi connectivity index (χ1) is 10.2. The summed E-state index contributed by atoms with van der Waals surface area (Å²) >= 11 is 0. The number of hydrogen-bond acceptors (Lipinski definition) is 2.